The Morgan fingerprint density at radius 3 is 2.89 bits per heavy atom. The zero-order chi connectivity index (χ0) is 18.6. The van der Waals surface area contributed by atoms with Gasteiger partial charge in [-0.05, 0) is 18.1 Å². The highest BCUT2D eigenvalue weighted by Gasteiger charge is 2.22. The summed E-state index contributed by atoms with van der Waals surface area (Å²) >= 11 is 0. The van der Waals surface area contributed by atoms with E-state index in [4.69, 9.17) is 0 Å². The van der Waals surface area contributed by atoms with Crippen molar-refractivity contribution in [3.63, 3.8) is 0 Å². The molecule has 4 rings (SSSR count). The third-order valence-corrected chi connectivity index (χ3v) is 5.13. The summed E-state index contributed by atoms with van der Waals surface area (Å²) in [5.41, 5.74) is 3.92. The molecule has 27 heavy (non-hydrogen) atoms. The third kappa shape index (κ3) is 4.12. The Bertz CT molecular complexity index is 870. The van der Waals surface area contributed by atoms with E-state index in [1.54, 1.807) is 0 Å². The maximum atomic E-state index is 10.6. The molecule has 0 saturated carbocycles. The summed E-state index contributed by atoms with van der Waals surface area (Å²) in [6.45, 7) is 5.68. The van der Waals surface area contributed by atoms with Crippen LogP contribution in [0, 0.1) is 0 Å². The molecule has 3 aromatic rings. The van der Waals surface area contributed by atoms with Gasteiger partial charge < -0.3 is 10.1 Å². The van der Waals surface area contributed by atoms with E-state index < -0.39 is 6.10 Å². The van der Waals surface area contributed by atoms with Crippen LogP contribution in [0.15, 0.2) is 42.6 Å². The number of fused-ring (bicyclic) bond motifs is 1. The molecule has 0 amide bonds. The minimum atomic E-state index is -0.675. The van der Waals surface area contributed by atoms with Gasteiger partial charge in [-0.1, -0.05) is 43.7 Å². The van der Waals surface area contributed by atoms with Crippen molar-refractivity contribution in [2.45, 2.75) is 51.9 Å². The molecular weight excluding hydrogens is 338 g/mol. The number of aliphatic hydroxyl groups is 1. The summed E-state index contributed by atoms with van der Waals surface area (Å²) in [6.07, 6.45) is 4.66. The zero-order valence-corrected chi connectivity index (χ0v) is 15.8. The second kappa shape index (κ2) is 8.06. The first-order valence-corrected chi connectivity index (χ1v) is 9.77. The molecule has 0 fully saturated rings. The van der Waals surface area contributed by atoms with Gasteiger partial charge in [-0.25, -0.2) is 4.98 Å². The number of imidazole rings is 1. The van der Waals surface area contributed by atoms with Crippen LogP contribution in [0.1, 0.15) is 54.3 Å². The maximum Gasteiger partial charge on any atom is 0.123 e. The van der Waals surface area contributed by atoms with E-state index in [0.717, 1.165) is 55.4 Å². The lowest BCUT2D eigenvalue weighted by atomic mass is 10.1. The average molecular weight is 365 g/mol. The molecule has 1 aliphatic heterocycles. The van der Waals surface area contributed by atoms with Crippen molar-refractivity contribution in [3.8, 4) is 0 Å². The van der Waals surface area contributed by atoms with Crippen LogP contribution in [0.5, 0.6) is 0 Å². The number of hydrogen-bond donors (Lipinski definition) is 2. The van der Waals surface area contributed by atoms with Crippen LogP contribution in [-0.2, 0) is 26.1 Å². The standard InChI is InChI=1S/C21H27N5O/c1-2-3-9-20-22-13-17(23-20)14-25-10-11-26-18(15-25)12-19(24-26)21(27)16-7-5-4-6-8-16/h4-8,12-13,21,27H,2-3,9-11,14-15H2,1H3,(H,22,23)/t21-/m0/s1. The molecule has 1 aliphatic rings. The largest absolute Gasteiger partial charge is 0.382 e. The van der Waals surface area contributed by atoms with Gasteiger partial charge in [-0.3, -0.25) is 9.58 Å². The normalized spacial score (nSPS) is 15.6. The van der Waals surface area contributed by atoms with Crippen molar-refractivity contribution in [1.29, 1.82) is 0 Å². The summed E-state index contributed by atoms with van der Waals surface area (Å²) in [5, 5.41) is 15.2. The van der Waals surface area contributed by atoms with Crippen LogP contribution in [0.2, 0.25) is 0 Å². The van der Waals surface area contributed by atoms with Crippen LogP contribution in [0.25, 0.3) is 0 Å². The van der Waals surface area contributed by atoms with Gasteiger partial charge in [0.25, 0.3) is 0 Å². The van der Waals surface area contributed by atoms with E-state index in [1.165, 1.54) is 18.5 Å². The van der Waals surface area contributed by atoms with Crippen LogP contribution in [0.3, 0.4) is 0 Å². The Balaban J connectivity index is 1.41. The number of H-pyrrole nitrogens is 1. The monoisotopic (exact) mass is 365 g/mol. The average Bonchev–Trinajstić information content (AvgIpc) is 3.33. The molecule has 2 aromatic heterocycles. The fourth-order valence-electron chi connectivity index (χ4n) is 3.62. The highest BCUT2D eigenvalue weighted by molar-refractivity contribution is 5.27. The number of benzene rings is 1. The molecular formula is C21H27N5O. The van der Waals surface area contributed by atoms with Crippen molar-refractivity contribution >= 4 is 0 Å². The molecule has 6 nitrogen and oxygen atoms in total. The molecule has 6 heteroatoms. The van der Waals surface area contributed by atoms with Gasteiger partial charge in [0, 0.05) is 37.9 Å². The Morgan fingerprint density at radius 2 is 2.07 bits per heavy atom. The SMILES string of the molecule is CCCCc1ncc(CN2CCn3nc([C@@H](O)c4ccccc4)cc3C2)[nH]1. The summed E-state index contributed by atoms with van der Waals surface area (Å²) in [7, 11) is 0. The Hall–Kier alpha value is -2.44. The molecule has 0 bridgehead atoms. The number of aryl methyl sites for hydroxylation is 1. The highest BCUT2D eigenvalue weighted by atomic mass is 16.3. The number of nitrogens with one attached hydrogen (secondary N) is 1. The number of nitrogens with zero attached hydrogens (tertiary/aromatic N) is 4. The second-order valence-electron chi connectivity index (χ2n) is 7.27. The van der Waals surface area contributed by atoms with E-state index >= 15 is 0 Å². The topological polar surface area (TPSA) is 70.0 Å². The van der Waals surface area contributed by atoms with Gasteiger partial charge in [0.2, 0.25) is 0 Å². The van der Waals surface area contributed by atoms with E-state index in [0.29, 0.717) is 0 Å². The van der Waals surface area contributed by atoms with E-state index in [-0.39, 0.29) is 0 Å². The van der Waals surface area contributed by atoms with Crippen molar-refractivity contribution in [3.05, 3.63) is 71.1 Å². The van der Waals surface area contributed by atoms with Crippen LogP contribution < -0.4 is 0 Å². The summed E-state index contributed by atoms with van der Waals surface area (Å²) in [5.74, 6) is 1.09. The first-order chi connectivity index (χ1) is 13.2. The van der Waals surface area contributed by atoms with Gasteiger partial charge in [-0.15, -0.1) is 0 Å². The maximum absolute atomic E-state index is 10.6. The number of aromatic nitrogens is 4. The van der Waals surface area contributed by atoms with Crippen molar-refractivity contribution in [2.24, 2.45) is 0 Å². The summed E-state index contributed by atoms with van der Waals surface area (Å²) < 4.78 is 2.03. The molecule has 3 heterocycles. The molecule has 0 spiro atoms. The van der Waals surface area contributed by atoms with E-state index in [9.17, 15) is 5.11 Å². The summed E-state index contributed by atoms with van der Waals surface area (Å²) in [4.78, 5) is 10.3. The van der Waals surface area contributed by atoms with Gasteiger partial charge in [-0.2, -0.15) is 5.10 Å². The molecule has 0 saturated heterocycles. The molecule has 0 unspecified atom stereocenters. The molecule has 1 atom stereocenters. The van der Waals surface area contributed by atoms with Crippen molar-refractivity contribution in [1.82, 2.24) is 24.6 Å². The van der Waals surface area contributed by atoms with Crippen LogP contribution >= 0.6 is 0 Å². The van der Waals surface area contributed by atoms with Gasteiger partial charge in [0.15, 0.2) is 0 Å². The first-order valence-electron chi connectivity index (χ1n) is 9.77. The molecule has 0 radical (unpaired) electrons. The van der Waals surface area contributed by atoms with Crippen molar-refractivity contribution in [2.75, 3.05) is 6.54 Å². The number of aromatic amines is 1. The van der Waals surface area contributed by atoms with Crippen LogP contribution in [-0.4, -0.2) is 36.3 Å². The smallest absolute Gasteiger partial charge is 0.123 e. The van der Waals surface area contributed by atoms with E-state index in [2.05, 4.69) is 26.9 Å². The summed E-state index contributed by atoms with van der Waals surface area (Å²) in [6, 6.07) is 11.7. The van der Waals surface area contributed by atoms with Gasteiger partial charge in [0.1, 0.15) is 11.9 Å². The number of hydrogen-bond acceptors (Lipinski definition) is 4. The van der Waals surface area contributed by atoms with Crippen molar-refractivity contribution < 1.29 is 5.11 Å². The minimum absolute atomic E-state index is 0.675. The molecule has 1 aromatic carbocycles. The lowest BCUT2D eigenvalue weighted by molar-refractivity contribution is 0.199. The molecule has 142 valence electrons. The quantitative estimate of drug-likeness (QED) is 0.675. The van der Waals surface area contributed by atoms with Crippen LogP contribution in [0.4, 0.5) is 0 Å². The lowest BCUT2D eigenvalue weighted by Gasteiger charge is -2.26. The highest BCUT2D eigenvalue weighted by Crippen LogP contribution is 2.24. The number of rotatable bonds is 7. The second-order valence-corrected chi connectivity index (χ2v) is 7.27. The fourth-order valence-corrected chi connectivity index (χ4v) is 3.62. The zero-order valence-electron chi connectivity index (χ0n) is 15.8. The first kappa shape index (κ1) is 17.9. The third-order valence-electron chi connectivity index (χ3n) is 5.13. The Kier molecular flexibility index (Phi) is 5.36. The predicted molar refractivity (Wildman–Crippen MR) is 104 cm³/mol. The van der Waals surface area contributed by atoms with Gasteiger partial charge in [0.05, 0.1) is 17.9 Å². The molecule has 2 N–H and O–H groups in total. The van der Waals surface area contributed by atoms with E-state index in [1.807, 2.05) is 47.3 Å². The predicted octanol–water partition coefficient (Wildman–Crippen LogP) is 3.05. The minimum Gasteiger partial charge on any atom is -0.382 e. The Labute approximate surface area is 159 Å². The Morgan fingerprint density at radius 1 is 1.22 bits per heavy atom. The fraction of sp³-hybridized carbons (Fsp3) is 0.429. The van der Waals surface area contributed by atoms with Gasteiger partial charge >= 0.3 is 0 Å². The lowest BCUT2D eigenvalue weighted by Crippen LogP contribution is -2.33. The molecule has 0 aliphatic carbocycles. The number of aliphatic hydroxyl groups excluding tert-OH is 1. The number of unbranched alkanes of at least 4 members (excludes halogenated alkanes) is 1.